The molecule has 0 bridgehead atoms. The summed E-state index contributed by atoms with van der Waals surface area (Å²) in [6.07, 6.45) is -4.63. The fourth-order valence-corrected chi connectivity index (χ4v) is 1.65. The zero-order valence-electron chi connectivity index (χ0n) is 11.1. The predicted molar refractivity (Wildman–Crippen MR) is 66.4 cm³/mol. The Morgan fingerprint density at radius 3 is 2.50 bits per heavy atom. The maximum absolute atomic E-state index is 12.9. The standard InChI is InChI=1S/C13H16F4N2O/c1-8(2)19-12(20)7-18-6-9-3-4-10(14)5-11(9)13(15,16)17/h3-5,8,18H,6-7H2,1-2H3,(H,19,20). The monoisotopic (exact) mass is 292 g/mol. The van der Waals surface area contributed by atoms with E-state index in [1.165, 1.54) is 0 Å². The Morgan fingerprint density at radius 2 is 1.95 bits per heavy atom. The highest BCUT2D eigenvalue weighted by Gasteiger charge is 2.33. The molecule has 0 aromatic heterocycles. The largest absolute Gasteiger partial charge is 0.416 e. The summed E-state index contributed by atoms with van der Waals surface area (Å²) in [4.78, 5) is 11.3. The number of carbonyl (C=O) groups excluding carboxylic acids is 1. The maximum Gasteiger partial charge on any atom is 0.416 e. The van der Waals surface area contributed by atoms with Crippen LogP contribution in [0.5, 0.6) is 0 Å². The molecular weight excluding hydrogens is 276 g/mol. The molecule has 7 heteroatoms. The summed E-state index contributed by atoms with van der Waals surface area (Å²) in [6, 6.07) is 2.43. The van der Waals surface area contributed by atoms with Crippen molar-refractivity contribution in [1.29, 1.82) is 0 Å². The van der Waals surface area contributed by atoms with Gasteiger partial charge in [0.2, 0.25) is 5.91 Å². The van der Waals surface area contributed by atoms with Gasteiger partial charge in [-0.25, -0.2) is 4.39 Å². The Balaban J connectivity index is 2.67. The number of hydrogen-bond donors (Lipinski definition) is 2. The van der Waals surface area contributed by atoms with Gasteiger partial charge in [-0.05, 0) is 31.5 Å². The average Bonchev–Trinajstić information content (AvgIpc) is 2.28. The number of carbonyl (C=O) groups is 1. The lowest BCUT2D eigenvalue weighted by molar-refractivity contribution is -0.138. The molecule has 0 spiro atoms. The molecule has 1 aromatic rings. The van der Waals surface area contributed by atoms with Crippen LogP contribution in [0.3, 0.4) is 0 Å². The van der Waals surface area contributed by atoms with Crippen LogP contribution in [-0.2, 0) is 17.5 Å². The van der Waals surface area contributed by atoms with Gasteiger partial charge in [-0.3, -0.25) is 4.79 Å². The second-order valence-electron chi connectivity index (χ2n) is 4.62. The van der Waals surface area contributed by atoms with Crippen molar-refractivity contribution in [3.63, 3.8) is 0 Å². The molecule has 3 nitrogen and oxygen atoms in total. The zero-order valence-corrected chi connectivity index (χ0v) is 11.1. The summed E-state index contributed by atoms with van der Waals surface area (Å²) in [5.41, 5.74) is -1.13. The van der Waals surface area contributed by atoms with E-state index in [1.807, 2.05) is 0 Å². The normalized spacial score (nSPS) is 11.8. The molecule has 0 unspecified atom stereocenters. The summed E-state index contributed by atoms with van der Waals surface area (Å²) >= 11 is 0. The summed E-state index contributed by atoms with van der Waals surface area (Å²) in [6.45, 7) is 3.28. The highest BCUT2D eigenvalue weighted by molar-refractivity contribution is 5.78. The number of halogens is 4. The van der Waals surface area contributed by atoms with Crippen molar-refractivity contribution in [3.05, 3.63) is 35.1 Å². The van der Waals surface area contributed by atoms with Gasteiger partial charge in [0.25, 0.3) is 0 Å². The van der Waals surface area contributed by atoms with E-state index in [0.29, 0.717) is 6.07 Å². The number of amides is 1. The number of rotatable bonds is 5. The average molecular weight is 292 g/mol. The second kappa shape index (κ2) is 6.69. The lowest BCUT2D eigenvalue weighted by Crippen LogP contribution is -2.37. The lowest BCUT2D eigenvalue weighted by Gasteiger charge is -2.14. The van der Waals surface area contributed by atoms with Gasteiger partial charge in [-0.2, -0.15) is 13.2 Å². The van der Waals surface area contributed by atoms with Crippen LogP contribution in [-0.4, -0.2) is 18.5 Å². The zero-order chi connectivity index (χ0) is 15.3. The third kappa shape index (κ3) is 5.16. The third-order valence-electron chi connectivity index (χ3n) is 2.43. The van der Waals surface area contributed by atoms with Crippen LogP contribution in [0.15, 0.2) is 18.2 Å². The van der Waals surface area contributed by atoms with E-state index in [9.17, 15) is 22.4 Å². The predicted octanol–water partition coefficient (Wildman–Crippen LogP) is 2.46. The second-order valence-corrected chi connectivity index (χ2v) is 4.62. The van der Waals surface area contributed by atoms with Crippen molar-refractivity contribution >= 4 is 5.91 Å². The number of benzene rings is 1. The fourth-order valence-electron chi connectivity index (χ4n) is 1.65. The van der Waals surface area contributed by atoms with E-state index >= 15 is 0 Å². The summed E-state index contributed by atoms with van der Waals surface area (Å²) in [7, 11) is 0. The number of alkyl halides is 3. The van der Waals surface area contributed by atoms with Gasteiger partial charge in [0, 0.05) is 12.6 Å². The van der Waals surface area contributed by atoms with Gasteiger partial charge in [0.05, 0.1) is 12.1 Å². The lowest BCUT2D eigenvalue weighted by atomic mass is 10.1. The fraction of sp³-hybridized carbons (Fsp3) is 0.462. The molecule has 20 heavy (non-hydrogen) atoms. The maximum atomic E-state index is 12.9. The molecule has 0 aliphatic carbocycles. The summed E-state index contributed by atoms with van der Waals surface area (Å²) < 4.78 is 51.0. The highest BCUT2D eigenvalue weighted by Crippen LogP contribution is 2.32. The Kier molecular flexibility index (Phi) is 5.50. The Bertz CT molecular complexity index is 472. The highest BCUT2D eigenvalue weighted by atomic mass is 19.4. The Morgan fingerprint density at radius 1 is 1.30 bits per heavy atom. The quantitative estimate of drug-likeness (QED) is 0.819. The van der Waals surface area contributed by atoms with Crippen LogP contribution in [0.1, 0.15) is 25.0 Å². The van der Waals surface area contributed by atoms with E-state index in [1.54, 1.807) is 13.8 Å². The van der Waals surface area contributed by atoms with Gasteiger partial charge in [-0.15, -0.1) is 0 Å². The molecule has 2 N–H and O–H groups in total. The van der Waals surface area contributed by atoms with Crippen LogP contribution in [0.4, 0.5) is 17.6 Å². The molecule has 0 atom stereocenters. The topological polar surface area (TPSA) is 41.1 Å². The first-order chi connectivity index (χ1) is 9.20. The first-order valence-electron chi connectivity index (χ1n) is 6.06. The van der Waals surface area contributed by atoms with E-state index in [0.717, 1.165) is 12.1 Å². The molecule has 1 amide bonds. The Hall–Kier alpha value is -1.63. The van der Waals surface area contributed by atoms with Crippen molar-refractivity contribution in [1.82, 2.24) is 10.6 Å². The SMILES string of the molecule is CC(C)NC(=O)CNCc1ccc(F)cc1C(F)(F)F. The molecular formula is C13H16F4N2O. The third-order valence-corrected chi connectivity index (χ3v) is 2.43. The van der Waals surface area contributed by atoms with Crippen LogP contribution in [0, 0.1) is 5.82 Å². The van der Waals surface area contributed by atoms with E-state index in [4.69, 9.17) is 0 Å². The van der Waals surface area contributed by atoms with Gasteiger partial charge in [-0.1, -0.05) is 6.07 Å². The molecule has 1 rings (SSSR count). The molecule has 0 saturated carbocycles. The molecule has 0 heterocycles. The van der Waals surface area contributed by atoms with Crippen LogP contribution in [0.25, 0.3) is 0 Å². The molecule has 0 saturated heterocycles. The molecule has 1 aromatic carbocycles. The van der Waals surface area contributed by atoms with Crippen LogP contribution >= 0.6 is 0 Å². The first-order valence-corrected chi connectivity index (χ1v) is 6.06. The molecule has 0 radical (unpaired) electrons. The smallest absolute Gasteiger partial charge is 0.353 e. The van der Waals surface area contributed by atoms with Crippen molar-refractivity contribution in [2.24, 2.45) is 0 Å². The first kappa shape index (κ1) is 16.4. The van der Waals surface area contributed by atoms with E-state index < -0.39 is 17.6 Å². The van der Waals surface area contributed by atoms with E-state index in [-0.39, 0.29) is 30.6 Å². The minimum atomic E-state index is -4.63. The Labute approximate surface area is 114 Å². The molecule has 0 fully saturated rings. The van der Waals surface area contributed by atoms with Gasteiger partial charge in [0.1, 0.15) is 5.82 Å². The number of nitrogens with one attached hydrogen (secondary N) is 2. The van der Waals surface area contributed by atoms with Crippen molar-refractivity contribution in [2.75, 3.05) is 6.54 Å². The minimum absolute atomic E-state index is 0.0409. The molecule has 0 aliphatic heterocycles. The van der Waals surface area contributed by atoms with Crippen LogP contribution < -0.4 is 10.6 Å². The van der Waals surface area contributed by atoms with Crippen molar-refractivity contribution in [2.45, 2.75) is 32.6 Å². The number of hydrogen-bond acceptors (Lipinski definition) is 2. The van der Waals surface area contributed by atoms with Gasteiger partial charge in [0.15, 0.2) is 0 Å². The molecule has 112 valence electrons. The minimum Gasteiger partial charge on any atom is -0.353 e. The van der Waals surface area contributed by atoms with E-state index in [2.05, 4.69) is 10.6 Å². The van der Waals surface area contributed by atoms with Crippen molar-refractivity contribution < 1.29 is 22.4 Å². The van der Waals surface area contributed by atoms with Crippen molar-refractivity contribution in [3.8, 4) is 0 Å². The van der Waals surface area contributed by atoms with Gasteiger partial charge >= 0.3 is 6.18 Å². The summed E-state index contributed by atoms with van der Waals surface area (Å²) in [5, 5.41) is 5.20. The summed E-state index contributed by atoms with van der Waals surface area (Å²) in [5.74, 6) is -1.26. The van der Waals surface area contributed by atoms with Crippen LogP contribution in [0.2, 0.25) is 0 Å². The van der Waals surface area contributed by atoms with Gasteiger partial charge < -0.3 is 10.6 Å². The molecule has 0 aliphatic rings.